The molecule has 2 heteroatoms. The molecule has 0 unspecified atom stereocenters. The van der Waals surface area contributed by atoms with E-state index in [0.29, 0.717) is 0 Å². The molecule has 72 valence electrons. The van der Waals surface area contributed by atoms with Crippen molar-refractivity contribution in [1.29, 1.82) is 0 Å². The van der Waals surface area contributed by atoms with Gasteiger partial charge in [-0.3, -0.25) is 5.26 Å². The summed E-state index contributed by atoms with van der Waals surface area (Å²) in [5.41, 5.74) is 1.04. The van der Waals surface area contributed by atoms with E-state index in [1.54, 1.807) is 0 Å². The Balaban J connectivity index is 2.56. The van der Waals surface area contributed by atoms with Gasteiger partial charge >= 0.3 is 0 Å². The highest BCUT2D eigenvalue weighted by atomic mass is 17.1. The minimum absolute atomic E-state index is 0.166. The fourth-order valence-electron chi connectivity index (χ4n) is 1.34. The standard InChI is InChI=1S/C11H16O2/c1-2-3-9-11(13-12)10-7-5-4-6-8-10/h4-8,11-12H,2-3,9H2,1H3/t11-/m1/s1. The summed E-state index contributed by atoms with van der Waals surface area (Å²) >= 11 is 0. The third-order valence-corrected chi connectivity index (χ3v) is 2.12. The van der Waals surface area contributed by atoms with E-state index in [2.05, 4.69) is 11.8 Å². The van der Waals surface area contributed by atoms with Gasteiger partial charge in [0.05, 0.1) is 0 Å². The van der Waals surface area contributed by atoms with Crippen molar-refractivity contribution in [3.8, 4) is 0 Å². The van der Waals surface area contributed by atoms with Gasteiger partial charge in [-0.25, -0.2) is 4.89 Å². The molecule has 1 N–H and O–H groups in total. The minimum atomic E-state index is -0.166. The summed E-state index contributed by atoms with van der Waals surface area (Å²) in [6.45, 7) is 2.12. The van der Waals surface area contributed by atoms with Crippen LogP contribution in [-0.2, 0) is 4.89 Å². The molecule has 0 fully saturated rings. The molecule has 0 aliphatic heterocycles. The van der Waals surface area contributed by atoms with Crippen molar-refractivity contribution >= 4 is 0 Å². The van der Waals surface area contributed by atoms with Crippen molar-refractivity contribution < 1.29 is 10.1 Å². The van der Waals surface area contributed by atoms with Gasteiger partial charge in [-0.1, -0.05) is 50.1 Å². The first-order chi connectivity index (χ1) is 6.38. The van der Waals surface area contributed by atoms with E-state index in [0.717, 1.165) is 24.8 Å². The van der Waals surface area contributed by atoms with Gasteiger partial charge in [-0.2, -0.15) is 0 Å². The Morgan fingerprint density at radius 2 is 2.00 bits per heavy atom. The van der Waals surface area contributed by atoms with Crippen LogP contribution in [0.3, 0.4) is 0 Å². The van der Waals surface area contributed by atoms with Crippen LogP contribution in [0.4, 0.5) is 0 Å². The SMILES string of the molecule is CCCC[C@@H](OO)c1ccccc1. The topological polar surface area (TPSA) is 29.5 Å². The lowest BCUT2D eigenvalue weighted by Crippen LogP contribution is -2.01. The second-order valence-electron chi connectivity index (χ2n) is 3.15. The molecular formula is C11H16O2. The number of benzene rings is 1. The van der Waals surface area contributed by atoms with E-state index < -0.39 is 0 Å². The molecule has 0 radical (unpaired) electrons. The Hall–Kier alpha value is -0.860. The molecule has 0 heterocycles. The first kappa shape index (κ1) is 10.2. The average Bonchev–Trinajstić information content (AvgIpc) is 2.21. The second-order valence-corrected chi connectivity index (χ2v) is 3.15. The van der Waals surface area contributed by atoms with E-state index in [1.807, 2.05) is 30.3 Å². The Kier molecular flexibility index (Phi) is 4.50. The number of hydrogen-bond acceptors (Lipinski definition) is 2. The molecule has 0 bridgehead atoms. The van der Waals surface area contributed by atoms with E-state index in [4.69, 9.17) is 5.26 Å². The molecule has 1 aromatic rings. The summed E-state index contributed by atoms with van der Waals surface area (Å²) in [5.74, 6) is 0. The predicted octanol–water partition coefficient (Wildman–Crippen LogP) is 3.41. The van der Waals surface area contributed by atoms with Crippen LogP contribution in [0.5, 0.6) is 0 Å². The van der Waals surface area contributed by atoms with Crippen molar-refractivity contribution in [2.75, 3.05) is 0 Å². The van der Waals surface area contributed by atoms with Crippen molar-refractivity contribution in [3.05, 3.63) is 35.9 Å². The average molecular weight is 180 g/mol. The number of unbranched alkanes of at least 4 members (excludes halogenated alkanes) is 1. The molecule has 0 amide bonds. The van der Waals surface area contributed by atoms with Gasteiger partial charge in [0.2, 0.25) is 0 Å². The predicted molar refractivity (Wildman–Crippen MR) is 52.4 cm³/mol. The maximum absolute atomic E-state index is 8.71. The van der Waals surface area contributed by atoms with Crippen molar-refractivity contribution in [3.63, 3.8) is 0 Å². The van der Waals surface area contributed by atoms with Gasteiger partial charge in [-0.15, -0.1) is 0 Å². The maximum Gasteiger partial charge on any atom is 0.118 e. The summed E-state index contributed by atoms with van der Waals surface area (Å²) in [6.07, 6.45) is 2.89. The van der Waals surface area contributed by atoms with Crippen molar-refractivity contribution in [2.45, 2.75) is 32.3 Å². The van der Waals surface area contributed by atoms with Crippen LogP contribution in [-0.4, -0.2) is 5.26 Å². The third kappa shape index (κ3) is 3.17. The molecule has 1 atom stereocenters. The molecule has 0 aromatic heterocycles. The van der Waals surface area contributed by atoms with Crippen LogP contribution in [0.15, 0.2) is 30.3 Å². The van der Waals surface area contributed by atoms with Crippen molar-refractivity contribution in [1.82, 2.24) is 0 Å². The highest BCUT2D eigenvalue weighted by Crippen LogP contribution is 2.21. The molecule has 0 saturated heterocycles. The Morgan fingerprint density at radius 3 is 2.54 bits per heavy atom. The van der Waals surface area contributed by atoms with E-state index in [1.165, 1.54) is 0 Å². The third-order valence-electron chi connectivity index (χ3n) is 2.12. The van der Waals surface area contributed by atoms with Gasteiger partial charge < -0.3 is 0 Å². The fraction of sp³-hybridized carbons (Fsp3) is 0.455. The summed E-state index contributed by atoms with van der Waals surface area (Å²) in [5, 5.41) is 8.71. The lowest BCUT2D eigenvalue weighted by atomic mass is 10.0. The number of hydrogen-bond donors (Lipinski definition) is 1. The maximum atomic E-state index is 8.71. The molecule has 1 aromatic carbocycles. The Labute approximate surface area is 79.1 Å². The van der Waals surface area contributed by atoms with Crippen LogP contribution in [0, 0.1) is 0 Å². The van der Waals surface area contributed by atoms with E-state index >= 15 is 0 Å². The summed E-state index contributed by atoms with van der Waals surface area (Å²) in [7, 11) is 0. The number of rotatable bonds is 5. The zero-order valence-electron chi connectivity index (χ0n) is 7.94. The molecule has 0 saturated carbocycles. The van der Waals surface area contributed by atoms with Crippen LogP contribution >= 0.6 is 0 Å². The van der Waals surface area contributed by atoms with Gasteiger partial charge in [0, 0.05) is 0 Å². The lowest BCUT2D eigenvalue weighted by molar-refractivity contribution is -0.283. The highest BCUT2D eigenvalue weighted by Gasteiger charge is 2.09. The fourth-order valence-corrected chi connectivity index (χ4v) is 1.34. The van der Waals surface area contributed by atoms with Gasteiger partial charge in [0.25, 0.3) is 0 Å². The highest BCUT2D eigenvalue weighted by molar-refractivity contribution is 5.17. The molecule has 0 spiro atoms. The van der Waals surface area contributed by atoms with E-state index in [-0.39, 0.29) is 6.10 Å². The quantitative estimate of drug-likeness (QED) is 0.555. The molecular weight excluding hydrogens is 164 g/mol. The normalized spacial score (nSPS) is 12.8. The summed E-state index contributed by atoms with van der Waals surface area (Å²) in [6, 6.07) is 9.80. The molecule has 0 aliphatic rings. The zero-order chi connectivity index (χ0) is 9.52. The first-order valence-corrected chi connectivity index (χ1v) is 4.73. The monoisotopic (exact) mass is 180 g/mol. The van der Waals surface area contributed by atoms with Crippen LogP contribution < -0.4 is 0 Å². The molecule has 2 nitrogen and oxygen atoms in total. The van der Waals surface area contributed by atoms with Gasteiger partial charge in [-0.05, 0) is 12.0 Å². The molecule has 1 rings (SSSR count). The first-order valence-electron chi connectivity index (χ1n) is 4.73. The Bertz CT molecular complexity index is 221. The molecule has 13 heavy (non-hydrogen) atoms. The minimum Gasteiger partial charge on any atom is -0.251 e. The lowest BCUT2D eigenvalue weighted by Gasteiger charge is -2.12. The van der Waals surface area contributed by atoms with Crippen LogP contribution in [0.2, 0.25) is 0 Å². The smallest absolute Gasteiger partial charge is 0.118 e. The summed E-state index contributed by atoms with van der Waals surface area (Å²) < 4.78 is 0. The van der Waals surface area contributed by atoms with E-state index in [9.17, 15) is 0 Å². The zero-order valence-corrected chi connectivity index (χ0v) is 7.94. The Morgan fingerprint density at radius 1 is 1.31 bits per heavy atom. The molecule has 0 aliphatic carbocycles. The second kappa shape index (κ2) is 5.73. The van der Waals surface area contributed by atoms with Gasteiger partial charge in [0.1, 0.15) is 6.10 Å². The van der Waals surface area contributed by atoms with Crippen LogP contribution in [0.25, 0.3) is 0 Å². The van der Waals surface area contributed by atoms with Crippen LogP contribution in [0.1, 0.15) is 37.9 Å². The van der Waals surface area contributed by atoms with Crippen molar-refractivity contribution in [2.24, 2.45) is 0 Å². The van der Waals surface area contributed by atoms with Gasteiger partial charge in [0.15, 0.2) is 0 Å². The largest absolute Gasteiger partial charge is 0.251 e. The summed E-state index contributed by atoms with van der Waals surface area (Å²) in [4.78, 5) is 4.44.